The first-order valence-electron chi connectivity index (χ1n) is 12.9. The van der Waals surface area contributed by atoms with Crippen LogP contribution in [0.1, 0.15) is 56.7 Å². The summed E-state index contributed by atoms with van der Waals surface area (Å²) in [5.41, 5.74) is 0.223. The Morgan fingerprint density at radius 1 is 1.29 bits per heavy atom. The van der Waals surface area contributed by atoms with Gasteiger partial charge in [0.25, 0.3) is 0 Å². The zero-order chi connectivity index (χ0) is 27.8. The van der Waals surface area contributed by atoms with Gasteiger partial charge in [0.15, 0.2) is 5.06 Å². The molecule has 2 aliphatic heterocycles. The minimum Gasteiger partial charge on any atom is -0.457 e. The fourth-order valence-electron chi connectivity index (χ4n) is 4.98. The number of halogens is 1. The normalized spacial score (nSPS) is 34.9. The Morgan fingerprint density at radius 2 is 2.03 bits per heavy atom. The molecule has 4 rings (SSSR count). The van der Waals surface area contributed by atoms with Crippen molar-refractivity contribution < 1.29 is 34.0 Å². The number of hydrogen-bond acceptors (Lipinski definition) is 9. The number of aryl methyl sites for hydroxylation is 1. The average molecular weight is 566 g/mol. The van der Waals surface area contributed by atoms with Crippen LogP contribution in [0, 0.1) is 24.2 Å². The molecule has 0 amide bonds. The maximum atomic E-state index is 13.5. The molecule has 2 aliphatic rings. The van der Waals surface area contributed by atoms with Crippen LogP contribution in [-0.4, -0.2) is 63.5 Å². The van der Waals surface area contributed by atoms with Crippen molar-refractivity contribution in [3.8, 4) is 0 Å². The van der Waals surface area contributed by atoms with Crippen molar-refractivity contribution in [2.24, 2.45) is 17.3 Å². The second-order valence-electron chi connectivity index (χ2n) is 11.0. The number of ketones is 1. The number of Topliss-reactive ketones (excluding diaryl/α,β-unsaturated/α-hetero) is 1. The number of carbonyl (C=O) groups excluding carboxylic acids is 2. The Bertz CT molecular complexity index is 1200. The number of ether oxygens (including phenoxy) is 3. The third-order valence-corrected chi connectivity index (χ3v) is 9.01. The Morgan fingerprint density at radius 3 is 2.74 bits per heavy atom. The third-order valence-electron chi connectivity index (χ3n) is 7.61. The van der Waals surface area contributed by atoms with Gasteiger partial charge >= 0.3 is 5.97 Å². The van der Waals surface area contributed by atoms with E-state index in [1.54, 1.807) is 38.2 Å². The summed E-state index contributed by atoms with van der Waals surface area (Å²) in [6.07, 6.45) is -1.82. The van der Waals surface area contributed by atoms with Gasteiger partial charge in [0, 0.05) is 18.3 Å². The molecule has 3 heterocycles. The van der Waals surface area contributed by atoms with Crippen LogP contribution in [0.25, 0.3) is 10.2 Å². The number of epoxide rings is 1. The Balaban J connectivity index is 1.63. The van der Waals surface area contributed by atoms with Crippen LogP contribution in [0.2, 0.25) is 0 Å². The Hall–Kier alpha value is -1.88. The van der Waals surface area contributed by atoms with Crippen LogP contribution in [0.4, 0.5) is 0 Å². The van der Waals surface area contributed by atoms with E-state index >= 15 is 0 Å². The SMILES string of the molecule is C=CC[C@H]1C(=O)C(C)(C)[C@@H](O)CC(=O)O[C@H](c2ccc3sc(C)nc3c2)CC2OC2(Cl)COC[C@H](C)[C@@H]1O. The van der Waals surface area contributed by atoms with E-state index in [0.717, 1.165) is 20.8 Å². The lowest BCUT2D eigenvalue weighted by Gasteiger charge is -2.35. The molecule has 7 atom stereocenters. The molecule has 0 radical (unpaired) electrons. The molecule has 8 nitrogen and oxygen atoms in total. The summed E-state index contributed by atoms with van der Waals surface area (Å²) in [5.74, 6) is -2.23. The molecule has 2 saturated heterocycles. The first kappa shape index (κ1) is 29.1. The Labute approximate surface area is 231 Å². The number of aliphatic hydroxyl groups is 2. The molecule has 2 aromatic rings. The number of thiazole rings is 1. The first-order valence-corrected chi connectivity index (χ1v) is 14.1. The minimum atomic E-state index is -1.32. The van der Waals surface area contributed by atoms with Crippen LogP contribution in [0.3, 0.4) is 0 Å². The lowest BCUT2D eigenvalue weighted by molar-refractivity contribution is -0.156. The monoisotopic (exact) mass is 565 g/mol. The number of aliphatic hydroxyl groups excluding tert-OH is 2. The van der Waals surface area contributed by atoms with E-state index in [1.807, 2.05) is 25.1 Å². The summed E-state index contributed by atoms with van der Waals surface area (Å²) < 4.78 is 18.5. The van der Waals surface area contributed by atoms with Crippen molar-refractivity contribution >= 4 is 44.9 Å². The molecule has 2 fully saturated rings. The van der Waals surface area contributed by atoms with E-state index in [-0.39, 0.29) is 38.3 Å². The van der Waals surface area contributed by atoms with Crippen molar-refractivity contribution in [1.29, 1.82) is 0 Å². The summed E-state index contributed by atoms with van der Waals surface area (Å²) in [7, 11) is 0. The van der Waals surface area contributed by atoms with Crippen molar-refractivity contribution in [3.63, 3.8) is 0 Å². The van der Waals surface area contributed by atoms with Crippen LogP contribution in [0.15, 0.2) is 30.9 Å². The second kappa shape index (κ2) is 11.3. The minimum absolute atomic E-state index is 0.0749. The fourth-order valence-corrected chi connectivity index (χ4v) is 6.06. The number of benzene rings is 1. The molecule has 2 unspecified atom stereocenters. The van der Waals surface area contributed by atoms with Crippen LogP contribution in [-0.2, 0) is 23.8 Å². The number of hydrogen-bond donors (Lipinski definition) is 2. The summed E-state index contributed by atoms with van der Waals surface area (Å²) in [6.45, 7) is 10.8. The fraction of sp³-hybridized carbons (Fsp3) is 0.607. The number of carbonyl (C=O) groups is 2. The smallest absolute Gasteiger partial charge is 0.309 e. The van der Waals surface area contributed by atoms with E-state index < -0.39 is 52.7 Å². The van der Waals surface area contributed by atoms with E-state index in [1.165, 1.54) is 0 Å². The quantitative estimate of drug-likeness (QED) is 0.242. The van der Waals surface area contributed by atoms with Gasteiger partial charge in [-0.05, 0) is 31.0 Å². The molecule has 208 valence electrons. The number of alkyl halides is 1. The molecular weight excluding hydrogens is 530 g/mol. The lowest BCUT2D eigenvalue weighted by Crippen LogP contribution is -2.47. The third kappa shape index (κ3) is 6.13. The molecule has 1 aromatic carbocycles. The van der Waals surface area contributed by atoms with Crippen molar-refractivity contribution in [2.45, 2.75) is 76.4 Å². The van der Waals surface area contributed by atoms with E-state index in [4.69, 9.17) is 25.8 Å². The van der Waals surface area contributed by atoms with E-state index in [9.17, 15) is 19.8 Å². The van der Waals surface area contributed by atoms with Gasteiger partial charge in [-0.3, -0.25) is 9.59 Å². The maximum absolute atomic E-state index is 13.5. The van der Waals surface area contributed by atoms with Gasteiger partial charge in [-0.2, -0.15) is 0 Å². The molecule has 38 heavy (non-hydrogen) atoms. The number of allylic oxidation sites excluding steroid dienone is 1. The second-order valence-corrected chi connectivity index (χ2v) is 12.9. The summed E-state index contributed by atoms with van der Waals surface area (Å²) in [6, 6.07) is 5.71. The van der Waals surface area contributed by atoms with Crippen molar-refractivity contribution in [1.82, 2.24) is 4.98 Å². The van der Waals surface area contributed by atoms with Gasteiger partial charge in [-0.15, -0.1) is 17.9 Å². The largest absolute Gasteiger partial charge is 0.457 e. The number of esters is 1. The predicted octanol–water partition coefficient (Wildman–Crippen LogP) is 4.48. The number of cyclic esters (lactones) is 1. The van der Waals surface area contributed by atoms with Crippen LogP contribution in [0.5, 0.6) is 0 Å². The van der Waals surface area contributed by atoms with Crippen LogP contribution < -0.4 is 0 Å². The molecule has 2 N–H and O–H groups in total. The van der Waals surface area contributed by atoms with Gasteiger partial charge < -0.3 is 24.4 Å². The summed E-state index contributed by atoms with van der Waals surface area (Å²) in [4.78, 5) is 31.2. The number of aromatic nitrogens is 1. The summed E-state index contributed by atoms with van der Waals surface area (Å²) in [5, 5.41) is 21.9. The zero-order valence-electron chi connectivity index (χ0n) is 22.2. The first-order chi connectivity index (χ1) is 17.9. The number of rotatable bonds is 3. The highest BCUT2D eigenvalue weighted by atomic mass is 35.5. The molecular formula is C28H36ClNO7S. The molecule has 0 bridgehead atoms. The molecule has 0 spiro atoms. The lowest BCUT2D eigenvalue weighted by atomic mass is 9.72. The van der Waals surface area contributed by atoms with Crippen molar-refractivity contribution in [2.75, 3.05) is 13.2 Å². The predicted molar refractivity (Wildman–Crippen MR) is 145 cm³/mol. The molecule has 0 saturated carbocycles. The van der Waals surface area contributed by atoms with Gasteiger partial charge in [0.2, 0.25) is 0 Å². The Kier molecular flexibility index (Phi) is 8.67. The highest BCUT2D eigenvalue weighted by Crippen LogP contribution is 2.47. The molecule has 0 aliphatic carbocycles. The van der Waals surface area contributed by atoms with E-state index in [0.29, 0.717) is 0 Å². The number of nitrogens with zero attached hydrogens (tertiary/aromatic N) is 1. The topological polar surface area (TPSA) is 118 Å². The van der Waals surface area contributed by atoms with Crippen LogP contribution >= 0.6 is 22.9 Å². The van der Waals surface area contributed by atoms with Gasteiger partial charge in [0.05, 0.1) is 52.5 Å². The maximum Gasteiger partial charge on any atom is 0.309 e. The zero-order valence-corrected chi connectivity index (χ0v) is 23.8. The highest BCUT2D eigenvalue weighted by molar-refractivity contribution is 7.18. The number of fused-ring (bicyclic) bond motifs is 2. The van der Waals surface area contributed by atoms with E-state index in [2.05, 4.69) is 11.6 Å². The summed E-state index contributed by atoms with van der Waals surface area (Å²) >= 11 is 8.22. The van der Waals surface area contributed by atoms with Gasteiger partial charge in [0.1, 0.15) is 18.0 Å². The average Bonchev–Trinajstić information content (AvgIpc) is 3.32. The highest BCUT2D eigenvalue weighted by Gasteiger charge is 2.57. The molecule has 10 heteroatoms. The molecule has 1 aromatic heterocycles. The van der Waals surface area contributed by atoms with Crippen molar-refractivity contribution in [3.05, 3.63) is 41.4 Å². The van der Waals surface area contributed by atoms with Gasteiger partial charge in [-0.1, -0.05) is 44.5 Å². The standard InChI is InChI=1S/C28H36ClNO7S/c1-6-7-18-25(33)15(2)13-35-14-28(29)23(37-28)11-20(17-8-9-21-19(10-17)30-16(3)38-21)36-24(32)12-22(31)27(4,5)26(18)34/h6,8-10,15,18,20,22-23,25,31,33H,1,7,11-14H2,2-5H3/t15-,18+,20-,22-,23?,25-,28?/m0/s1. The van der Waals surface area contributed by atoms with Gasteiger partial charge in [-0.25, -0.2) is 4.98 Å².